The van der Waals surface area contributed by atoms with Crippen LogP contribution in [-0.4, -0.2) is 22.4 Å². The summed E-state index contributed by atoms with van der Waals surface area (Å²) in [4.78, 5) is 26.3. The number of benzene rings is 1. The van der Waals surface area contributed by atoms with Gasteiger partial charge in [-0.2, -0.15) is 0 Å². The lowest BCUT2D eigenvalue weighted by Crippen LogP contribution is -2.21. The number of hydrogen-bond acceptors (Lipinski definition) is 5. The summed E-state index contributed by atoms with van der Waals surface area (Å²) in [5.41, 5.74) is 0.957. The number of anilines is 1. The summed E-state index contributed by atoms with van der Waals surface area (Å²) in [6, 6.07) is 5.73. The van der Waals surface area contributed by atoms with Crippen LogP contribution in [0.3, 0.4) is 0 Å². The minimum absolute atomic E-state index is 0.0144. The minimum Gasteiger partial charge on any atom is -0.484 e. The molecule has 0 aliphatic heterocycles. The average Bonchev–Trinajstić information content (AvgIpc) is 2.50. The van der Waals surface area contributed by atoms with Crippen molar-refractivity contribution in [3.8, 4) is 5.75 Å². The summed E-state index contributed by atoms with van der Waals surface area (Å²) < 4.78 is 5.32. The van der Waals surface area contributed by atoms with Crippen LogP contribution >= 0.6 is 23.2 Å². The fourth-order valence-corrected chi connectivity index (χ4v) is 2.29. The topological polar surface area (TPSA) is 94.4 Å². The molecule has 1 aromatic carbocycles. The molecule has 1 amide bonds. The van der Waals surface area contributed by atoms with Gasteiger partial charge in [-0.3, -0.25) is 14.9 Å². The molecule has 0 atom stereocenters. The van der Waals surface area contributed by atoms with Crippen molar-refractivity contribution in [2.24, 2.45) is 0 Å². The molecule has 0 saturated heterocycles. The van der Waals surface area contributed by atoms with E-state index in [2.05, 4.69) is 10.3 Å². The number of amides is 1. The van der Waals surface area contributed by atoms with Crippen LogP contribution in [-0.2, 0) is 4.79 Å². The van der Waals surface area contributed by atoms with E-state index in [0.717, 1.165) is 0 Å². The normalized spacial score (nSPS) is 10.3. The van der Waals surface area contributed by atoms with Crippen LogP contribution in [0.25, 0.3) is 0 Å². The van der Waals surface area contributed by atoms with Crippen LogP contribution in [0.1, 0.15) is 11.3 Å². The standard InChI is InChI=1S/C15H13Cl2N3O4/c1-8-5-10(3-4-13(8)20(22)23)24-7-14(21)19-15-12(17)6-11(16)9(2)18-15/h3-6H,7H2,1-2H3,(H,18,19,21). The van der Waals surface area contributed by atoms with E-state index < -0.39 is 10.8 Å². The van der Waals surface area contributed by atoms with E-state index in [0.29, 0.717) is 22.0 Å². The van der Waals surface area contributed by atoms with Crippen molar-refractivity contribution in [1.29, 1.82) is 0 Å². The Labute approximate surface area is 147 Å². The van der Waals surface area contributed by atoms with Gasteiger partial charge in [-0.1, -0.05) is 23.2 Å². The molecule has 7 nitrogen and oxygen atoms in total. The van der Waals surface area contributed by atoms with Crippen LogP contribution in [0.5, 0.6) is 5.75 Å². The van der Waals surface area contributed by atoms with E-state index >= 15 is 0 Å². The molecule has 0 radical (unpaired) electrons. The Hall–Kier alpha value is -2.38. The fourth-order valence-electron chi connectivity index (χ4n) is 1.89. The van der Waals surface area contributed by atoms with Gasteiger partial charge in [0.2, 0.25) is 0 Å². The number of hydrogen-bond donors (Lipinski definition) is 1. The Kier molecular flexibility index (Phi) is 5.58. The first-order valence-electron chi connectivity index (χ1n) is 6.78. The van der Waals surface area contributed by atoms with Gasteiger partial charge in [0.15, 0.2) is 12.4 Å². The number of nitro benzene ring substituents is 1. The molecule has 0 unspecified atom stereocenters. The van der Waals surface area contributed by atoms with Crippen LogP contribution in [0.4, 0.5) is 11.5 Å². The minimum atomic E-state index is -0.484. The molecule has 0 saturated carbocycles. The van der Waals surface area contributed by atoms with Crippen molar-refractivity contribution >= 4 is 40.6 Å². The number of aryl methyl sites for hydroxylation is 2. The van der Waals surface area contributed by atoms with E-state index in [9.17, 15) is 14.9 Å². The van der Waals surface area contributed by atoms with E-state index in [1.54, 1.807) is 13.8 Å². The van der Waals surface area contributed by atoms with Crippen molar-refractivity contribution < 1.29 is 14.5 Å². The number of halogens is 2. The van der Waals surface area contributed by atoms with E-state index in [1.165, 1.54) is 24.3 Å². The Morgan fingerprint density at radius 2 is 2.00 bits per heavy atom. The smallest absolute Gasteiger partial charge is 0.272 e. The number of nitrogens with zero attached hydrogens (tertiary/aromatic N) is 2. The molecule has 126 valence electrons. The summed E-state index contributed by atoms with van der Waals surface area (Å²) in [6.45, 7) is 2.98. The molecule has 1 N–H and O–H groups in total. The SMILES string of the molecule is Cc1cc(OCC(=O)Nc2nc(C)c(Cl)cc2Cl)ccc1[N+](=O)[O-]. The van der Waals surface area contributed by atoms with Gasteiger partial charge >= 0.3 is 0 Å². The highest BCUT2D eigenvalue weighted by atomic mass is 35.5. The molecule has 1 heterocycles. The maximum Gasteiger partial charge on any atom is 0.272 e. The molecule has 0 spiro atoms. The van der Waals surface area contributed by atoms with Crippen molar-refractivity contribution in [2.75, 3.05) is 11.9 Å². The number of rotatable bonds is 5. The van der Waals surface area contributed by atoms with Crippen molar-refractivity contribution in [2.45, 2.75) is 13.8 Å². The van der Waals surface area contributed by atoms with E-state index in [1.807, 2.05) is 0 Å². The third-order valence-electron chi connectivity index (χ3n) is 3.10. The predicted octanol–water partition coefficient (Wildman–Crippen LogP) is 3.93. The van der Waals surface area contributed by atoms with E-state index in [4.69, 9.17) is 27.9 Å². The van der Waals surface area contributed by atoms with Crippen LogP contribution in [0, 0.1) is 24.0 Å². The molecule has 9 heteroatoms. The second-order valence-electron chi connectivity index (χ2n) is 4.93. The summed E-state index contributed by atoms with van der Waals surface area (Å²) in [6.07, 6.45) is 0. The second kappa shape index (κ2) is 7.46. The first kappa shape index (κ1) is 18.0. The zero-order valence-corrected chi connectivity index (χ0v) is 14.3. The lowest BCUT2D eigenvalue weighted by molar-refractivity contribution is -0.385. The second-order valence-corrected chi connectivity index (χ2v) is 5.74. The largest absolute Gasteiger partial charge is 0.484 e. The third kappa shape index (κ3) is 4.33. The first-order valence-corrected chi connectivity index (χ1v) is 7.54. The van der Waals surface area contributed by atoms with Crippen molar-refractivity contribution in [3.63, 3.8) is 0 Å². The molecule has 0 fully saturated rings. The molecule has 24 heavy (non-hydrogen) atoms. The number of carbonyl (C=O) groups is 1. The first-order chi connectivity index (χ1) is 11.3. The Bertz CT molecular complexity index is 812. The number of ether oxygens (including phenoxy) is 1. The maximum atomic E-state index is 11.9. The van der Waals surface area contributed by atoms with Crippen molar-refractivity contribution in [3.05, 3.63) is 55.7 Å². The van der Waals surface area contributed by atoms with Gasteiger partial charge in [-0.25, -0.2) is 4.98 Å². The van der Waals surface area contributed by atoms with E-state index in [-0.39, 0.29) is 23.1 Å². The molecule has 0 bridgehead atoms. The fraction of sp³-hybridized carbons (Fsp3) is 0.200. The number of carbonyl (C=O) groups excluding carboxylic acids is 1. The van der Waals surface area contributed by atoms with Crippen molar-refractivity contribution in [1.82, 2.24) is 4.98 Å². The molecular weight excluding hydrogens is 357 g/mol. The summed E-state index contributed by atoms with van der Waals surface area (Å²) in [5.74, 6) is 0.0637. The van der Waals surface area contributed by atoms with Crippen LogP contribution in [0.15, 0.2) is 24.3 Å². The molecule has 0 aliphatic carbocycles. The van der Waals surface area contributed by atoms with Gasteiger partial charge in [0.05, 0.1) is 20.7 Å². The summed E-state index contributed by atoms with van der Waals surface area (Å²) >= 11 is 11.8. The maximum absolute atomic E-state index is 11.9. The van der Waals surface area contributed by atoms with Gasteiger partial charge in [0.25, 0.3) is 11.6 Å². The third-order valence-corrected chi connectivity index (χ3v) is 3.77. The summed E-state index contributed by atoms with van der Waals surface area (Å²) in [5, 5.41) is 13.9. The monoisotopic (exact) mass is 369 g/mol. The lowest BCUT2D eigenvalue weighted by Gasteiger charge is -2.10. The molecule has 2 aromatic rings. The highest BCUT2D eigenvalue weighted by Crippen LogP contribution is 2.26. The zero-order chi connectivity index (χ0) is 17.9. The lowest BCUT2D eigenvalue weighted by atomic mass is 10.2. The average molecular weight is 370 g/mol. The highest BCUT2D eigenvalue weighted by Gasteiger charge is 2.13. The summed E-state index contributed by atoms with van der Waals surface area (Å²) in [7, 11) is 0. The van der Waals surface area contributed by atoms with Crippen LogP contribution < -0.4 is 10.1 Å². The Morgan fingerprint density at radius 1 is 1.29 bits per heavy atom. The number of aromatic nitrogens is 1. The van der Waals surface area contributed by atoms with Gasteiger partial charge in [-0.15, -0.1) is 0 Å². The molecular formula is C15H13Cl2N3O4. The predicted molar refractivity (Wildman–Crippen MR) is 91.0 cm³/mol. The van der Waals surface area contributed by atoms with Gasteiger partial charge in [0.1, 0.15) is 5.75 Å². The molecule has 1 aromatic heterocycles. The Morgan fingerprint density at radius 3 is 2.62 bits per heavy atom. The quantitative estimate of drug-likeness (QED) is 0.636. The molecule has 0 aliphatic rings. The highest BCUT2D eigenvalue weighted by molar-refractivity contribution is 6.36. The Balaban J connectivity index is 2.00. The number of nitro groups is 1. The molecule has 2 rings (SSSR count). The van der Waals surface area contributed by atoms with Gasteiger partial charge in [0, 0.05) is 11.6 Å². The van der Waals surface area contributed by atoms with Crippen LogP contribution in [0.2, 0.25) is 10.0 Å². The zero-order valence-electron chi connectivity index (χ0n) is 12.8. The number of pyridine rings is 1. The van der Waals surface area contributed by atoms with Gasteiger partial charge in [-0.05, 0) is 32.0 Å². The number of nitrogens with one attached hydrogen (secondary N) is 1. The van der Waals surface area contributed by atoms with Gasteiger partial charge < -0.3 is 10.1 Å².